The van der Waals surface area contributed by atoms with E-state index in [2.05, 4.69) is 21.2 Å². The first-order chi connectivity index (χ1) is 9.25. The van der Waals surface area contributed by atoms with Gasteiger partial charge in [0.1, 0.15) is 5.82 Å². The van der Waals surface area contributed by atoms with E-state index in [4.69, 9.17) is 0 Å². The lowest BCUT2D eigenvalue weighted by molar-refractivity contribution is -0.137. The monoisotopic (exact) mass is 355 g/mol. The molecule has 1 atom stereocenters. The zero-order valence-electron chi connectivity index (χ0n) is 10.7. The molecule has 0 aliphatic heterocycles. The molecule has 20 heavy (non-hydrogen) atoms. The van der Waals surface area contributed by atoms with E-state index in [1.165, 1.54) is 0 Å². The second-order valence-electron chi connectivity index (χ2n) is 4.40. The molecule has 7 heteroatoms. The van der Waals surface area contributed by atoms with Crippen LogP contribution in [0.25, 0.3) is 0 Å². The summed E-state index contributed by atoms with van der Waals surface area (Å²) in [7, 11) is 0. The SMILES string of the molecule is CC(CCCBr)NC(=O)c1cc(C(F)(F)F)ccc1F. The van der Waals surface area contributed by atoms with Gasteiger partial charge in [-0.05, 0) is 38.0 Å². The average Bonchev–Trinajstić information content (AvgIpc) is 2.35. The first-order valence-electron chi connectivity index (χ1n) is 5.99. The van der Waals surface area contributed by atoms with Gasteiger partial charge in [-0.3, -0.25) is 4.79 Å². The van der Waals surface area contributed by atoms with E-state index in [0.717, 1.165) is 11.8 Å². The molecular formula is C13H14BrF4NO. The molecule has 1 aromatic carbocycles. The number of carbonyl (C=O) groups excluding carboxylic acids is 1. The molecule has 112 valence electrons. The highest BCUT2D eigenvalue weighted by Gasteiger charge is 2.32. The van der Waals surface area contributed by atoms with Crippen LogP contribution in [0.1, 0.15) is 35.7 Å². The summed E-state index contributed by atoms with van der Waals surface area (Å²) in [5, 5.41) is 3.24. The van der Waals surface area contributed by atoms with E-state index in [-0.39, 0.29) is 6.04 Å². The minimum absolute atomic E-state index is 0.242. The fourth-order valence-corrected chi connectivity index (χ4v) is 1.96. The third-order valence-corrected chi connectivity index (χ3v) is 3.25. The number of benzene rings is 1. The van der Waals surface area contributed by atoms with E-state index < -0.39 is 29.0 Å². The minimum Gasteiger partial charge on any atom is -0.349 e. The molecule has 0 bridgehead atoms. The largest absolute Gasteiger partial charge is 0.416 e. The predicted molar refractivity (Wildman–Crippen MR) is 71.4 cm³/mol. The summed E-state index contributed by atoms with van der Waals surface area (Å²) in [4.78, 5) is 11.8. The summed E-state index contributed by atoms with van der Waals surface area (Å²) in [6, 6.07) is 1.55. The predicted octanol–water partition coefficient (Wildman–Crippen LogP) is 4.14. The van der Waals surface area contributed by atoms with Crippen molar-refractivity contribution in [3.8, 4) is 0 Å². The van der Waals surface area contributed by atoms with E-state index in [9.17, 15) is 22.4 Å². The van der Waals surface area contributed by atoms with Crippen LogP contribution in [0.15, 0.2) is 18.2 Å². The van der Waals surface area contributed by atoms with Crippen LogP contribution in [0, 0.1) is 5.82 Å². The van der Waals surface area contributed by atoms with Gasteiger partial charge in [-0.15, -0.1) is 0 Å². The summed E-state index contributed by atoms with van der Waals surface area (Å²) >= 11 is 3.23. The maximum atomic E-state index is 13.5. The van der Waals surface area contributed by atoms with Gasteiger partial charge < -0.3 is 5.32 Å². The number of rotatable bonds is 5. The Morgan fingerprint density at radius 3 is 2.60 bits per heavy atom. The maximum absolute atomic E-state index is 13.5. The standard InChI is InChI=1S/C13H14BrF4NO/c1-8(3-2-6-14)19-12(20)10-7-9(13(16,17)18)4-5-11(10)15/h4-5,7-8H,2-3,6H2,1H3,(H,19,20). The van der Waals surface area contributed by atoms with Crippen molar-refractivity contribution in [1.29, 1.82) is 0 Å². The van der Waals surface area contributed by atoms with Crippen LogP contribution in [0.2, 0.25) is 0 Å². The van der Waals surface area contributed by atoms with Crippen LogP contribution in [0.5, 0.6) is 0 Å². The summed E-state index contributed by atoms with van der Waals surface area (Å²) in [6.45, 7) is 1.71. The number of hydrogen-bond donors (Lipinski definition) is 1. The van der Waals surface area contributed by atoms with Crippen molar-refractivity contribution in [3.05, 3.63) is 35.1 Å². The normalized spacial score (nSPS) is 13.1. The van der Waals surface area contributed by atoms with E-state index in [1.807, 2.05) is 0 Å². The maximum Gasteiger partial charge on any atom is 0.416 e. The molecule has 0 spiro atoms. The third kappa shape index (κ3) is 4.77. The second kappa shape index (κ2) is 7.06. The number of hydrogen-bond acceptors (Lipinski definition) is 1. The Balaban J connectivity index is 2.87. The third-order valence-electron chi connectivity index (χ3n) is 2.69. The lowest BCUT2D eigenvalue weighted by atomic mass is 10.1. The van der Waals surface area contributed by atoms with Crippen molar-refractivity contribution in [1.82, 2.24) is 5.32 Å². The van der Waals surface area contributed by atoms with Gasteiger partial charge in [0.2, 0.25) is 0 Å². The van der Waals surface area contributed by atoms with Crippen molar-refractivity contribution in [3.63, 3.8) is 0 Å². The molecule has 1 unspecified atom stereocenters. The van der Waals surface area contributed by atoms with E-state index >= 15 is 0 Å². The molecule has 2 nitrogen and oxygen atoms in total. The summed E-state index contributed by atoms with van der Waals surface area (Å²) in [6.07, 6.45) is -3.16. The Kier molecular flexibility index (Phi) is 5.98. The number of carbonyl (C=O) groups is 1. The average molecular weight is 356 g/mol. The first kappa shape index (κ1) is 16.9. The molecule has 0 saturated carbocycles. The van der Waals surface area contributed by atoms with Gasteiger partial charge >= 0.3 is 6.18 Å². The second-order valence-corrected chi connectivity index (χ2v) is 5.19. The lowest BCUT2D eigenvalue weighted by Crippen LogP contribution is -2.33. The molecule has 0 fully saturated rings. The van der Waals surface area contributed by atoms with Gasteiger partial charge in [0.05, 0.1) is 11.1 Å². The Morgan fingerprint density at radius 2 is 2.05 bits per heavy atom. The fraction of sp³-hybridized carbons (Fsp3) is 0.462. The van der Waals surface area contributed by atoms with Crippen LogP contribution in [0.3, 0.4) is 0 Å². The number of nitrogens with one attached hydrogen (secondary N) is 1. The number of alkyl halides is 4. The summed E-state index contributed by atoms with van der Waals surface area (Å²) < 4.78 is 51.1. The molecule has 1 amide bonds. The summed E-state index contributed by atoms with van der Waals surface area (Å²) in [5.74, 6) is -1.81. The highest BCUT2D eigenvalue weighted by molar-refractivity contribution is 9.09. The molecule has 1 aromatic rings. The Bertz CT molecular complexity index is 476. The molecular weight excluding hydrogens is 342 g/mol. The highest BCUT2D eigenvalue weighted by atomic mass is 79.9. The minimum atomic E-state index is -4.61. The first-order valence-corrected chi connectivity index (χ1v) is 7.11. The van der Waals surface area contributed by atoms with Crippen molar-refractivity contribution >= 4 is 21.8 Å². The molecule has 1 N–H and O–H groups in total. The molecule has 0 aliphatic rings. The molecule has 0 aliphatic carbocycles. The fourth-order valence-electron chi connectivity index (χ4n) is 1.63. The van der Waals surface area contributed by atoms with Crippen LogP contribution in [0.4, 0.5) is 17.6 Å². The molecule has 0 heterocycles. The topological polar surface area (TPSA) is 29.1 Å². The summed E-state index contributed by atoms with van der Waals surface area (Å²) in [5.41, 5.74) is -1.64. The van der Waals surface area contributed by atoms with Crippen molar-refractivity contribution < 1.29 is 22.4 Å². The highest BCUT2D eigenvalue weighted by Crippen LogP contribution is 2.30. The Morgan fingerprint density at radius 1 is 1.40 bits per heavy atom. The van der Waals surface area contributed by atoms with Crippen molar-refractivity contribution in [2.24, 2.45) is 0 Å². The van der Waals surface area contributed by atoms with Crippen LogP contribution in [-0.4, -0.2) is 17.3 Å². The van der Waals surface area contributed by atoms with E-state index in [0.29, 0.717) is 24.6 Å². The van der Waals surface area contributed by atoms with Crippen LogP contribution < -0.4 is 5.32 Å². The van der Waals surface area contributed by atoms with Gasteiger partial charge in [-0.1, -0.05) is 15.9 Å². The zero-order valence-corrected chi connectivity index (χ0v) is 12.3. The molecule has 0 radical (unpaired) electrons. The van der Waals surface area contributed by atoms with Gasteiger partial charge in [-0.25, -0.2) is 4.39 Å². The number of halogens is 5. The van der Waals surface area contributed by atoms with Crippen LogP contribution in [-0.2, 0) is 6.18 Å². The molecule has 0 aromatic heterocycles. The van der Waals surface area contributed by atoms with Crippen molar-refractivity contribution in [2.75, 3.05) is 5.33 Å². The molecule has 0 saturated heterocycles. The van der Waals surface area contributed by atoms with Gasteiger partial charge in [0.25, 0.3) is 5.91 Å². The Hall–Kier alpha value is -1.11. The van der Waals surface area contributed by atoms with Gasteiger partial charge in [0, 0.05) is 11.4 Å². The quantitative estimate of drug-likeness (QED) is 0.624. The van der Waals surface area contributed by atoms with E-state index in [1.54, 1.807) is 6.92 Å². The van der Waals surface area contributed by atoms with Crippen LogP contribution >= 0.6 is 15.9 Å². The number of amides is 1. The lowest BCUT2D eigenvalue weighted by Gasteiger charge is -2.14. The van der Waals surface area contributed by atoms with Gasteiger partial charge in [0.15, 0.2) is 0 Å². The zero-order chi connectivity index (χ0) is 15.3. The smallest absolute Gasteiger partial charge is 0.349 e. The molecule has 1 rings (SSSR count). The Labute approximate surface area is 122 Å². The van der Waals surface area contributed by atoms with Gasteiger partial charge in [-0.2, -0.15) is 13.2 Å². The van der Waals surface area contributed by atoms with Crippen molar-refractivity contribution in [2.45, 2.75) is 32.0 Å².